The largest absolute Gasteiger partial charge is 0.361 e. The maximum absolute atomic E-state index is 13.0. The molecule has 2 heterocycles. The third-order valence-electron chi connectivity index (χ3n) is 6.35. The van der Waals surface area contributed by atoms with Crippen LogP contribution in [0.5, 0.6) is 0 Å². The quantitative estimate of drug-likeness (QED) is 0.568. The molecule has 0 aliphatic heterocycles. The van der Waals surface area contributed by atoms with Gasteiger partial charge in [0, 0.05) is 47.5 Å². The zero-order valence-electron chi connectivity index (χ0n) is 17.4. The first-order chi connectivity index (χ1) is 14.1. The number of benzene rings is 1. The highest BCUT2D eigenvalue weighted by molar-refractivity contribution is 7.10. The van der Waals surface area contributed by atoms with Crippen molar-refractivity contribution in [1.29, 1.82) is 0 Å². The number of likely N-dealkylation sites (N-methyl/N-ethyl adjacent to an activating group) is 1. The summed E-state index contributed by atoms with van der Waals surface area (Å²) in [6.07, 6.45) is 8.19. The van der Waals surface area contributed by atoms with Crippen LogP contribution in [-0.4, -0.2) is 41.5 Å². The predicted octanol–water partition coefficient (Wildman–Crippen LogP) is 5.13. The van der Waals surface area contributed by atoms with E-state index < -0.39 is 0 Å². The molecule has 3 aromatic rings. The highest BCUT2D eigenvalue weighted by atomic mass is 32.1. The number of nitrogens with one attached hydrogen (secondary N) is 2. The summed E-state index contributed by atoms with van der Waals surface area (Å²) >= 11 is 1.78. The molecule has 0 saturated heterocycles. The Bertz CT molecular complexity index is 927. The molecule has 1 aliphatic rings. The van der Waals surface area contributed by atoms with Crippen molar-refractivity contribution in [2.45, 2.75) is 57.0 Å². The van der Waals surface area contributed by atoms with Gasteiger partial charge in [-0.15, -0.1) is 11.3 Å². The molecule has 29 heavy (non-hydrogen) atoms. The van der Waals surface area contributed by atoms with Crippen molar-refractivity contribution < 1.29 is 4.79 Å². The Labute approximate surface area is 177 Å². The van der Waals surface area contributed by atoms with Gasteiger partial charge in [-0.25, -0.2) is 0 Å². The van der Waals surface area contributed by atoms with Crippen LogP contribution < -0.4 is 5.32 Å². The van der Waals surface area contributed by atoms with Gasteiger partial charge in [0.25, 0.3) is 0 Å². The number of para-hydroxylation sites is 1. The van der Waals surface area contributed by atoms with Crippen molar-refractivity contribution in [2.75, 3.05) is 13.6 Å². The summed E-state index contributed by atoms with van der Waals surface area (Å²) in [6, 6.07) is 13.0. The van der Waals surface area contributed by atoms with Gasteiger partial charge in [0.05, 0.1) is 6.04 Å². The minimum absolute atomic E-state index is 0.186. The van der Waals surface area contributed by atoms with E-state index >= 15 is 0 Å². The number of carbonyl (C=O) groups is 1. The van der Waals surface area contributed by atoms with E-state index in [0.29, 0.717) is 6.04 Å². The van der Waals surface area contributed by atoms with Crippen molar-refractivity contribution in [3.63, 3.8) is 0 Å². The third-order valence-corrected chi connectivity index (χ3v) is 7.34. The lowest BCUT2D eigenvalue weighted by molar-refractivity contribution is -0.134. The van der Waals surface area contributed by atoms with Crippen LogP contribution in [0.25, 0.3) is 10.9 Å². The molecule has 1 aromatic carbocycles. The number of carbonyl (C=O) groups excluding carboxylic acids is 1. The monoisotopic (exact) mass is 409 g/mol. The van der Waals surface area contributed by atoms with Crippen LogP contribution in [0.4, 0.5) is 0 Å². The molecular formula is C24H31N3OS. The number of hydrogen-bond donors (Lipinski definition) is 2. The molecule has 1 fully saturated rings. The average Bonchev–Trinajstić information content (AvgIpc) is 3.44. The van der Waals surface area contributed by atoms with Gasteiger partial charge in [-0.05, 0) is 42.8 Å². The van der Waals surface area contributed by atoms with Crippen LogP contribution in [0.15, 0.2) is 48.0 Å². The first-order valence-electron chi connectivity index (χ1n) is 10.7. The van der Waals surface area contributed by atoms with E-state index in [1.807, 2.05) is 18.9 Å². The molecule has 0 bridgehead atoms. The van der Waals surface area contributed by atoms with Crippen molar-refractivity contribution in [1.82, 2.24) is 15.2 Å². The molecule has 2 atom stereocenters. The molecule has 2 N–H and O–H groups in total. The van der Waals surface area contributed by atoms with Crippen LogP contribution in [0.2, 0.25) is 0 Å². The topological polar surface area (TPSA) is 48.1 Å². The number of rotatable bonds is 7. The molecule has 2 aromatic heterocycles. The van der Waals surface area contributed by atoms with E-state index in [2.05, 4.69) is 58.3 Å². The molecule has 0 radical (unpaired) electrons. The van der Waals surface area contributed by atoms with Gasteiger partial charge in [0.1, 0.15) is 0 Å². The summed E-state index contributed by atoms with van der Waals surface area (Å²) in [5.41, 5.74) is 2.45. The molecule has 1 aliphatic carbocycles. The Morgan fingerprint density at radius 1 is 1.21 bits per heavy atom. The van der Waals surface area contributed by atoms with E-state index in [1.54, 1.807) is 11.3 Å². The summed E-state index contributed by atoms with van der Waals surface area (Å²) in [7, 11) is 1.98. The number of thiophene rings is 1. The lowest BCUT2D eigenvalue weighted by atomic mass is 9.94. The van der Waals surface area contributed by atoms with Gasteiger partial charge < -0.3 is 15.2 Å². The molecule has 4 rings (SSSR count). The number of amides is 1. The van der Waals surface area contributed by atoms with Crippen molar-refractivity contribution in [2.24, 2.45) is 0 Å². The lowest BCUT2D eigenvalue weighted by Crippen LogP contribution is -2.48. The predicted molar refractivity (Wildman–Crippen MR) is 122 cm³/mol. The fourth-order valence-electron chi connectivity index (χ4n) is 4.57. The normalized spacial score (nSPS) is 17.3. The number of fused-ring (bicyclic) bond motifs is 1. The van der Waals surface area contributed by atoms with E-state index in [0.717, 1.165) is 24.9 Å². The number of aromatic nitrogens is 1. The Hall–Kier alpha value is -2.11. The molecular weight excluding hydrogens is 378 g/mol. The second kappa shape index (κ2) is 9.14. The Balaban J connectivity index is 1.48. The van der Waals surface area contributed by atoms with Crippen molar-refractivity contribution in [3.05, 3.63) is 58.4 Å². The van der Waals surface area contributed by atoms with Crippen LogP contribution in [0.1, 0.15) is 55.4 Å². The van der Waals surface area contributed by atoms with Gasteiger partial charge in [0.15, 0.2) is 0 Å². The average molecular weight is 410 g/mol. The highest BCUT2D eigenvalue weighted by Crippen LogP contribution is 2.33. The molecule has 5 heteroatoms. The summed E-state index contributed by atoms with van der Waals surface area (Å²) < 4.78 is 0. The maximum atomic E-state index is 13.0. The number of hydrogen-bond acceptors (Lipinski definition) is 3. The molecule has 1 amide bonds. The van der Waals surface area contributed by atoms with Crippen molar-refractivity contribution >= 4 is 28.1 Å². The van der Waals surface area contributed by atoms with Crippen LogP contribution >= 0.6 is 11.3 Å². The molecule has 0 unspecified atom stereocenters. The Morgan fingerprint density at radius 3 is 2.76 bits per heavy atom. The Morgan fingerprint density at radius 2 is 2.00 bits per heavy atom. The summed E-state index contributed by atoms with van der Waals surface area (Å²) in [5, 5.41) is 6.93. The second-order valence-electron chi connectivity index (χ2n) is 8.23. The SMILES string of the molecule is C[C@H](NC[C@H](c1cccs1)c1c[nH]c2ccccc12)C(=O)N(C)C1CCCCC1. The molecule has 1 saturated carbocycles. The third kappa shape index (κ3) is 4.41. The zero-order valence-corrected chi connectivity index (χ0v) is 18.2. The molecule has 0 spiro atoms. The zero-order chi connectivity index (χ0) is 20.2. The second-order valence-corrected chi connectivity index (χ2v) is 9.21. The van der Waals surface area contributed by atoms with E-state index in [4.69, 9.17) is 0 Å². The number of aromatic amines is 1. The summed E-state index contributed by atoms with van der Waals surface area (Å²) in [4.78, 5) is 19.7. The maximum Gasteiger partial charge on any atom is 0.239 e. The van der Waals surface area contributed by atoms with E-state index in [9.17, 15) is 4.79 Å². The smallest absolute Gasteiger partial charge is 0.239 e. The first kappa shape index (κ1) is 20.2. The van der Waals surface area contributed by atoms with E-state index in [-0.39, 0.29) is 17.9 Å². The fraction of sp³-hybridized carbons (Fsp3) is 0.458. The van der Waals surface area contributed by atoms with Gasteiger partial charge in [0.2, 0.25) is 5.91 Å². The van der Waals surface area contributed by atoms with Gasteiger partial charge in [-0.3, -0.25) is 4.79 Å². The Kier molecular flexibility index (Phi) is 6.36. The van der Waals surface area contributed by atoms with Crippen LogP contribution in [0.3, 0.4) is 0 Å². The standard InChI is InChI=1S/C24H31N3OS/c1-17(24(28)27(2)18-9-4-3-5-10-18)25-16-21(23-13-8-14-29-23)20-15-26-22-12-7-6-11-19(20)22/h6-8,11-15,17-18,21,25-26H,3-5,9-10,16H2,1-2H3/t17-,21-/m0/s1. The molecule has 4 nitrogen and oxygen atoms in total. The number of nitrogens with zero attached hydrogens (tertiary/aromatic N) is 1. The molecule has 154 valence electrons. The van der Waals surface area contributed by atoms with E-state index in [1.165, 1.54) is 35.1 Å². The van der Waals surface area contributed by atoms with Crippen LogP contribution in [0, 0.1) is 0 Å². The fourth-order valence-corrected chi connectivity index (χ4v) is 5.42. The van der Waals surface area contributed by atoms with Gasteiger partial charge >= 0.3 is 0 Å². The van der Waals surface area contributed by atoms with Gasteiger partial charge in [-0.1, -0.05) is 43.5 Å². The lowest BCUT2D eigenvalue weighted by Gasteiger charge is -2.33. The number of H-pyrrole nitrogens is 1. The van der Waals surface area contributed by atoms with Crippen molar-refractivity contribution in [3.8, 4) is 0 Å². The minimum atomic E-state index is -0.186. The highest BCUT2D eigenvalue weighted by Gasteiger charge is 2.27. The first-order valence-corrected chi connectivity index (χ1v) is 11.6. The summed E-state index contributed by atoms with van der Waals surface area (Å²) in [6.45, 7) is 2.75. The summed E-state index contributed by atoms with van der Waals surface area (Å²) in [5.74, 6) is 0.433. The van der Waals surface area contributed by atoms with Crippen LogP contribution in [-0.2, 0) is 4.79 Å². The minimum Gasteiger partial charge on any atom is -0.361 e. The van der Waals surface area contributed by atoms with Gasteiger partial charge in [-0.2, -0.15) is 0 Å².